The summed E-state index contributed by atoms with van der Waals surface area (Å²) in [5, 5.41) is 19.1. The highest BCUT2D eigenvalue weighted by atomic mass is 16.6. The van der Waals surface area contributed by atoms with Crippen molar-refractivity contribution in [3.63, 3.8) is 0 Å². The molecule has 0 aromatic heterocycles. The largest absolute Gasteiger partial charge is 0.489 e. The number of benzene rings is 1. The van der Waals surface area contributed by atoms with Crippen molar-refractivity contribution in [1.29, 1.82) is 5.26 Å². The van der Waals surface area contributed by atoms with Crippen molar-refractivity contribution < 1.29 is 24.2 Å². The Morgan fingerprint density at radius 3 is 2.57 bits per heavy atom. The lowest BCUT2D eigenvalue weighted by Gasteiger charge is -2.46. The van der Waals surface area contributed by atoms with Crippen LogP contribution in [0.2, 0.25) is 0 Å². The molecule has 3 rings (SSSR count). The molecule has 1 saturated heterocycles. The number of aliphatic carboxylic acids is 1. The lowest BCUT2D eigenvalue weighted by Crippen LogP contribution is -2.56. The lowest BCUT2D eigenvalue weighted by atomic mass is 9.72. The van der Waals surface area contributed by atoms with Crippen LogP contribution in [0.25, 0.3) is 0 Å². The fraction of sp³-hybridized carbons (Fsp3) is 0.609. The van der Waals surface area contributed by atoms with Crippen molar-refractivity contribution in [3.05, 3.63) is 29.3 Å². The van der Waals surface area contributed by atoms with Gasteiger partial charge in [0.05, 0.1) is 11.7 Å². The zero-order chi connectivity index (χ0) is 22.1. The van der Waals surface area contributed by atoms with E-state index >= 15 is 0 Å². The van der Waals surface area contributed by atoms with Crippen LogP contribution in [0.4, 0.5) is 4.79 Å². The van der Waals surface area contributed by atoms with Gasteiger partial charge < -0.3 is 14.6 Å². The second-order valence-corrected chi connectivity index (χ2v) is 9.41. The van der Waals surface area contributed by atoms with E-state index in [1.54, 1.807) is 26.8 Å². The second-order valence-electron chi connectivity index (χ2n) is 9.41. The second kappa shape index (κ2) is 8.55. The molecule has 2 aliphatic rings. The molecule has 0 unspecified atom stereocenters. The number of likely N-dealkylation sites (tertiary alicyclic amines) is 1. The van der Waals surface area contributed by atoms with Gasteiger partial charge in [0, 0.05) is 6.54 Å². The number of piperidine rings is 1. The molecule has 162 valence electrons. The lowest BCUT2D eigenvalue weighted by molar-refractivity contribution is -0.147. The van der Waals surface area contributed by atoms with Gasteiger partial charge >= 0.3 is 12.1 Å². The van der Waals surface area contributed by atoms with Crippen LogP contribution in [0.3, 0.4) is 0 Å². The van der Waals surface area contributed by atoms with Crippen molar-refractivity contribution in [2.24, 2.45) is 11.8 Å². The number of rotatable bonds is 3. The number of ether oxygens (including phenoxy) is 2. The molecule has 1 aliphatic carbocycles. The summed E-state index contributed by atoms with van der Waals surface area (Å²) in [6.07, 6.45) is 2.12. The van der Waals surface area contributed by atoms with Crippen LogP contribution < -0.4 is 4.74 Å². The normalized spacial score (nSPS) is 26.3. The first-order valence-corrected chi connectivity index (χ1v) is 10.5. The maximum absolute atomic E-state index is 12.6. The summed E-state index contributed by atoms with van der Waals surface area (Å²) >= 11 is 0. The monoisotopic (exact) mass is 414 g/mol. The minimum absolute atomic E-state index is 0.0661. The summed E-state index contributed by atoms with van der Waals surface area (Å²) in [7, 11) is 0. The first-order chi connectivity index (χ1) is 14.1. The van der Waals surface area contributed by atoms with E-state index < -0.39 is 23.7 Å². The minimum Gasteiger partial charge on any atom is -0.489 e. The Bertz CT molecular complexity index is 854. The third-order valence-electron chi connectivity index (χ3n) is 5.89. The third kappa shape index (κ3) is 5.05. The molecule has 1 aromatic carbocycles. The third-order valence-corrected chi connectivity index (χ3v) is 5.89. The predicted molar refractivity (Wildman–Crippen MR) is 110 cm³/mol. The van der Waals surface area contributed by atoms with Gasteiger partial charge in [-0.05, 0) is 82.9 Å². The minimum atomic E-state index is -1.01. The Labute approximate surface area is 177 Å². The fourth-order valence-electron chi connectivity index (χ4n) is 4.48. The summed E-state index contributed by atoms with van der Waals surface area (Å²) in [5.41, 5.74) is 0.844. The summed E-state index contributed by atoms with van der Waals surface area (Å²) in [4.78, 5) is 25.9. The standard InChI is InChI=1S/C23H30N2O5/c1-14-5-8-20(17(9-14)12-24)29-18-7-6-15-13-25(22(28)30-23(2,3)4)19(21(26)27)11-16(15)10-18/h5,8-9,15-16,18-19H,6-7,10-11,13H2,1-4H3,(H,26,27)/t15-,16+,18-,19-/m0/s1. The number of carboxylic acids is 1. The molecule has 1 aromatic rings. The Balaban J connectivity index is 1.70. The smallest absolute Gasteiger partial charge is 0.411 e. The van der Waals surface area contributed by atoms with Gasteiger partial charge in [0.25, 0.3) is 0 Å². The van der Waals surface area contributed by atoms with Crippen molar-refractivity contribution in [3.8, 4) is 11.8 Å². The summed E-state index contributed by atoms with van der Waals surface area (Å²) < 4.78 is 11.6. The zero-order valence-corrected chi connectivity index (χ0v) is 18.1. The average molecular weight is 415 g/mol. The summed E-state index contributed by atoms with van der Waals surface area (Å²) in [6, 6.07) is 6.83. The molecule has 1 heterocycles. The molecular formula is C23H30N2O5. The fourth-order valence-corrected chi connectivity index (χ4v) is 4.48. The maximum atomic E-state index is 12.6. The average Bonchev–Trinajstić information content (AvgIpc) is 2.66. The van der Waals surface area contributed by atoms with E-state index in [-0.39, 0.29) is 17.9 Å². The summed E-state index contributed by atoms with van der Waals surface area (Å²) in [5.74, 6) is -0.0545. The van der Waals surface area contributed by atoms with E-state index in [4.69, 9.17) is 9.47 Å². The highest BCUT2D eigenvalue weighted by Gasteiger charge is 2.45. The molecule has 1 aliphatic heterocycles. The molecule has 7 heteroatoms. The molecule has 1 saturated carbocycles. The van der Waals surface area contributed by atoms with Crippen LogP contribution >= 0.6 is 0 Å². The van der Waals surface area contributed by atoms with Crippen molar-refractivity contribution in [2.75, 3.05) is 6.54 Å². The molecule has 1 N–H and O–H groups in total. The van der Waals surface area contributed by atoms with Gasteiger partial charge in [-0.3, -0.25) is 4.90 Å². The number of carbonyl (C=O) groups excluding carboxylic acids is 1. The van der Waals surface area contributed by atoms with E-state index in [2.05, 4.69) is 6.07 Å². The number of fused-ring (bicyclic) bond motifs is 1. The summed E-state index contributed by atoms with van der Waals surface area (Å²) in [6.45, 7) is 7.64. The van der Waals surface area contributed by atoms with Gasteiger partial charge in [-0.1, -0.05) is 6.07 Å². The highest BCUT2D eigenvalue weighted by molar-refractivity contribution is 5.80. The highest BCUT2D eigenvalue weighted by Crippen LogP contribution is 2.40. The number of hydrogen-bond donors (Lipinski definition) is 1. The Hall–Kier alpha value is -2.75. The molecular weight excluding hydrogens is 384 g/mol. The molecule has 0 bridgehead atoms. The van der Waals surface area contributed by atoms with Gasteiger partial charge in [-0.25, -0.2) is 9.59 Å². The first-order valence-electron chi connectivity index (χ1n) is 10.5. The molecule has 2 fully saturated rings. The van der Waals surface area contributed by atoms with Gasteiger partial charge in [0.15, 0.2) is 0 Å². The van der Waals surface area contributed by atoms with Crippen LogP contribution in [0.5, 0.6) is 5.75 Å². The Morgan fingerprint density at radius 2 is 1.93 bits per heavy atom. The van der Waals surface area contributed by atoms with Crippen LogP contribution in [-0.4, -0.2) is 46.4 Å². The topological polar surface area (TPSA) is 99.9 Å². The van der Waals surface area contributed by atoms with Crippen molar-refractivity contribution in [2.45, 2.75) is 71.1 Å². The van der Waals surface area contributed by atoms with Gasteiger partial charge in [-0.15, -0.1) is 0 Å². The number of nitriles is 1. The van der Waals surface area contributed by atoms with Crippen molar-refractivity contribution in [1.82, 2.24) is 4.90 Å². The molecule has 4 atom stereocenters. The van der Waals surface area contributed by atoms with E-state index in [1.807, 2.05) is 19.1 Å². The number of hydrogen-bond acceptors (Lipinski definition) is 5. The Morgan fingerprint density at radius 1 is 1.20 bits per heavy atom. The number of carbonyl (C=O) groups is 2. The van der Waals surface area contributed by atoms with Crippen LogP contribution in [0.15, 0.2) is 18.2 Å². The maximum Gasteiger partial charge on any atom is 0.411 e. The van der Waals surface area contributed by atoms with Gasteiger partial charge in [-0.2, -0.15) is 5.26 Å². The van der Waals surface area contributed by atoms with E-state index in [1.165, 1.54) is 4.90 Å². The molecule has 0 spiro atoms. The van der Waals surface area contributed by atoms with E-state index in [0.29, 0.717) is 24.3 Å². The van der Waals surface area contributed by atoms with E-state index in [9.17, 15) is 20.0 Å². The molecule has 7 nitrogen and oxygen atoms in total. The van der Waals surface area contributed by atoms with Gasteiger partial charge in [0.1, 0.15) is 23.5 Å². The molecule has 0 radical (unpaired) electrons. The van der Waals surface area contributed by atoms with Gasteiger partial charge in [0.2, 0.25) is 0 Å². The predicted octanol–water partition coefficient (Wildman–Crippen LogP) is 4.12. The van der Waals surface area contributed by atoms with Crippen molar-refractivity contribution >= 4 is 12.1 Å². The Kier molecular flexibility index (Phi) is 6.25. The molecule has 30 heavy (non-hydrogen) atoms. The number of amides is 1. The SMILES string of the molecule is Cc1ccc(O[C@H]2CC[C@H]3CN(C(=O)OC(C)(C)C)[C@H](C(=O)O)C[C@H]3C2)c(C#N)c1. The van der Waals surface area contributed by atoms with Crippen LogP contribution in [-0.2, 0) is 9.53 Å². The van der Waals surface area contributed by atoms with E-state index in [0.717, 1.165) is 24.8 Å². The molecule has 1 amide bonds. The number of aryl methyl sites for hydroxylation is 1. The van der Waals surface area contributed by atoms with Crippen LogP contribution in [0, 0.1) is 30.1 Å². The number of carboxylic acid groups (broad SMARTS) is 1. The zero-order valence-electron chi connectivity index (χ0n) is 18.1. The first kappa shape index (κ1) is 21.9. The van der Waals surface area contributed by atoms with Crippen LogP contribution in [0.1, 0.15) is 57.6 Å². The quantitative estimate of drug-likeness (QED) is 0.798. The number of nitrogens with zero attached hydrogens (tertiary/aromatic N) is 2.